The number of hydrogen-bond donors (Lipinski definition) is 1. The molecule has 0 bridgehead atoms. The summed E-state index contributed by atoms with van der Waals surface area (Å²) in [6.45, 7) is 7.25. The third-order valence-electron chi connectivity index (χ3n) is 4.54. The number of aromatic carboxylic acids is 1. The molecule has 0 fully saturated rings. The van der Waals surface area contributed by atoms with Crippen LogP contribution in [-0.2, 0) is 13.2 Å². The van der Waals surface area contributed by atoms with E-state index in [0.717, 1.165) is 23.1 Å². The minimum absolute atomic E-state index is 0.230. The van der Waals surface area contributed by atoms with Gasteiger partial charge in [0.25, 0.3) is 0 Å². The fourth-order valence-corrected chi connectivity index (χ4v) is 3.95. The van der Waals surface area contributed by atoms with Gasteiger partial charge in [0.15, 0.2) is 0 Å². The molecule has 0 aliphatic heterocycles. The molecule has 29 heavy (non-hydrogen) atoms. The van der Waals surface area contributed by atoms with Crippen LogP contribution >= 0.6 is 11.8 Å². The lowest BCUT2D eigenvalue weighted by molar-refractivity contribution is -0.142. The Bertz CT molecular complexity index is 1130. The predicted molar refractivity (Wildman–Crippen MR) is 106 cm³/mol. The molecular formula is C21H15F3N2O2S. The van der Waals surface area contributed by atoms with E-state index < -0.39 is 29.2 Å². The van der Waals surface area contributed by atoms with Gasteiger partial charge in [0.05, 0.1) is 6.57 Å². The number of aromatic nitrogens is 1. The van der Waals surface area contributed by atoms with Gasteiger partial charge in [-0.2, -0.15) is 13.2 Å². The molecule has 1 aromatic heterocycles. The van der Waals surface area contributed by atoms with Crippen LogP contribution in [0.2, 0.25) is 0 Å². The van der Waals surface area contributed by atoms with Crippen LogP contribution in [0.4, 0.5) is 18.9 Å². The van der Waals surface area contributed by atoms with Crippen LogP contribution in [-0.4, -0.2) is 21.9 Å². The molecule has 3 rings (SSSR count). The summed E-state index contributed by atoms with van der Waals surface area (Å²) in [5.41, 5.74) is -0.741. The average molecular weight is 416 g/mol. The second kappa shape index (κ2) is 7.68. The Hall–Kier alpha value is -3.18. The number of thioether (sulfide) groups is 1. The highest BCUT2D eigenvalue weighted by Crippen LogP contribution is 2.46. The number of alkyl halides is 3. The maximum absolute atomic E-state index is 13.5. The molecule has 8 heteroatoms. The van der Waals surface area contributed by atoms with E-state index in [1.807, 2.05) is 30.5 Å². The zero-order valence-corrected chi connectivity index (χ0v) is 16.2. The molecule has 148 valence electrons. The average Bonchev–Trinajstić information content (AvgIpc) is 3.00. The van der Waals surface area contributed by atoms with E-state index in [2.05, 4.69) is 4.85 Å². The van der Waals surface area contributed by atoms with Crippen molar-refractivity contribution in [1.82, 2.24) is 4.57 Å². The van der Waals surface area contributed by atoms with Crippen LogP contribution in [0.5, 0.6) is 0 Å². The molecule has 0 aliphatic carbocycles. The van der Waals surface area contributed by atoms with Crippen LogP contribution in [0, 0.1) is 6.57 Å². The van der Waals surface area contributed by atoms with Crippen molar-refractivity contribution < 1.29 is 23.1 Å². The van der Waals surface area contributed by atoms with Crippen LogP contribution in [0.1, 0.15) is 16.2 Å². The second-order valence-corrected chi connectivity index (χ2v) is 7.02. The minimum atomic E-state index is -4.85. The molecule has 0 atom stereocenters. The van der Waals surface area contributed by atoms with Gasteiger partial charge >= 0.3 is 12.1 Å². The first-order chi connectivity index (χ1) is 13.7. The van der Waals surface area contributed by atoms with Gasteiger partial charge in [0, 0.05) is 17.5 Å². The molecule has 0 amide bonds. The largest absolute Gasteiger partial charge is 0.477 e. The molecule has 0 saturated heterocycles. The van der Waals surface area contributed by atoms with E-state index in [9.17, 15) is 23.1 Å². The standard InChI is InChI=1S/C21H15F3N2O2S/c1-25-17-16(18(20(27)28)26(2)19(17)21(22,23)24)13-10-8-12(9-11-13)14-6-4-5-7-15(14)29-3/h4-11H,2-3H3,(H,27,28). The Morgan fingerprint density at radius 1 is 1.10 bits per heavy atom. The Morgan fingerprint density at radius 3 is 2.21 bits per heavy atom. The third-order valence-corrected chi connectivity index (χ3v) is 5.34. The van der Waals surface area contributed by atoms with Crippen LogP contribution in [0.15, 0.2) is 53.4 Å². The van der Waals surface area contributed by atoms with Gasteiger partial charge in [-0.3, -0.25) is 0 Å². The van der Waals surface area contributed by atoms with Gasteiger partial charge in [-0.05, 0) is 29.0 Å². The van der Waals surface area contributed by atoms with E-state index in [1.54, 1.807) is 36.0 Å². The Kier molecular flexibility index (Phi) is 5.44. The number of carboxylic acids is 1. The summed E-state index contributed by atoms with van der Waals surface area (Å²) in [6, 6.07) is 14.2. The predicted octanol–water partition coefficient (Wildman–Crippen LogP) is 6.35. The zero-order valence-electron chi connectivity index (χ0n) is 15.4. The van der Waals surface area contributed by atoms with E-state index in [4.69, 9.17) is 6.57 Å². The lowest BCUT2D eigenvalue weighted by Gasteiger charge is -2.09. The maximum Gasteiger partial charge on any atom is 0.421 e. The summed E-state index contributed by atoms with van der Waals surface area (Å²) in [5, 5.41) is 9.51. The highest BCUT2D eigenvalue weighted by atomic mass is 32.2. The number of hydrogen-bond acceptors (Lipinski definition) is 2. The summed E-state index contributed by atoms with van der Waals surface area (Å²) in [6.07, 6.45) is -2.91. The van der Waals surface area contributed by atoms with Gasteiger partial charge in [-0.1, -0.05) is 42.5 Å². The molecule has 0 aliphatic rings. The highest BCUT2D eigenvalue weighted by Gasteiger charge is 2.41. The van der Waals surface area contributed by atoms with Crippen molar-refractivity contribution in [3.63, 3.8) is 0 Å². The normalized spacial score (nSPS) is 11.3. The summed E-state index contributed by atoms with van der Waals surface area (Å²) in [4.78, 5) is 15.8. The molecule has 0 radical (unpaired) electrons. The summed E-state index contributed by atoms with van der Waals surface area (Å²) in [5.74, 6) is -1.53. The fourth-order valence-electron chi connectivity index (χ4n) is 3.33. The summed E-state index contributed by atoms with van der Waals surface area (Å²) in [7, 11) is 1.01. The number of carbonyl (C=O) groups is 1. The second-order valence-electron chi connectivity index (χ2n) is 6.17. The van der Waals surface area contributed by atoms with E-state index in [1.165, 1.54) is 0 Å². The van der Waals surface area contributed by atoms with Crippen LogP contribution < -0.4 is 0 Å². The first kappa shape index (κ1) is 20.6. The lowest BCUT2D eigenvalue weighted by Crippen LogP contribution is -2.14. The molecule has 0 spiro atoms. The van der Waals surface area contributed by atoms with Gasteiger partial charge < -0.3 is 9.67 Å². The molecule has 0 saturated carbocycles. The monoisotopic (exact) mass is 416 g/mol. The fraction of sp³-hybridized carbons (Fsp3) is 0.143. The van der Waals surface area contributed by atoms with Crippen LogP contribution in [0.25, 0.3) is 27.1 Å². The molecule has 3 aromatic rings. The summed E-state index contributed by atoms with van der Waals surface area (Å²) < 4.78 is 41.0. The maximum atomic E-state index is 13.5. The molecule has 4 nitrogen and oxygen atoms in total. The van der Waals surface area contributed by atoms with Crippen molar-refractivity contribution in [3.8, 4) is 22.3 Å². The third kappa shape index (κ3) is 3.61. The van der Waals surface area contributed by atoms with Crippen molar-refractivity contribution in [3.05, 3.63) is 71.3 Å². The van der Waals surface area contributed by atoms with Gasteiger partial charge in [0.2, 0.25) is 5.69 Å². The van der Waals surface area contributed by atoms with E-state index >= 15 is 0 Å². The van der Waals surface area contributed by atoms with Gasteiger partial charge in [-0.25, -0.2) is 9.64 Å². The Labute approximate surface area is 169 Å². The smallest absolute Gasteiger partial charge is 0.421 e. The minimum Gasteiger partial charge on any atom is -0.477 e. The number of benzene rings is 2. The number of carboxylic acid groups (broad SMARTS) is 1. The van der Waals surface area contributed by atoms with E-state index in [-0.39, 0.29) is 11.1 Å². The topological polar surface area (TPSA) is 46.6 Å². The Morgan fingerprint density at radius 2 is 1.69 bits per heavy atom. The molecule has 0 unspecified atom stereocenters. The van der Waals surface area contributed by atoms with Gasteiger partial charge in [-0.15, -0.1) is 11.8 Å². The van der Waals surface area contributed by atoms with Gasteiger partial charge in [0.1, 0.15) is 11.4 Å². The van der Waals surface area contributed by atoms with Crippen molar-refractivity contribution >= 4 is 23.4 Å². The summed E-state index contributed by atoms with van der Waals surface area (Å²) >= 11 is 1.57. The number of rotatable bonds is 4. The Balaban J connectivity index is 2.22. The van der Waals surface area contributed by atoms with Crippen LogP contribution in [0.3, 0.4) is 0 Å². The van der Waals surface area contributed by atoms with Crippen molar-refractivity contribution in [2.45, 2.75) is 11.1 Å². The first-order valence-corrected chi connectivity index (χ1v) is 9.57. The molecular weight excluding hydrogens is 401 g/mol. The number of halogens is 3. The van der Waals surface area contributed by atoms with Crippen molar-refractivity contribution in [2.75, 3.05) is 6.26 Å². The van der Waals surface area contributed by atoms with Crippen molar-refractivity contribution in [1.29, 1.82) is 0 Å². The highest BCUT2D eigenvalue weighted by molar-refractivity contribution is 7.98. The molecule has 1 N–H and O–H groups in total. The zero-order chi connectivity index (χ0) is 21.3. The van der Waals surface area contributed by atoms with Crippen molar-refractivity contribution in [2.24, 2.45) is 7.05 Å². The lowest BCUT2D eigenvalue weighted by atomic mass is 9.99. The molecule has 2 aromatic carbocycles. The molecule has 1 heterocycles. The number of nitrogens with zero attached hydrogens (tertiary/aromatic N) is 2. The van der Waals surface area contributed by atoms with E-state index in [0.29, 0.717) is 4.57 Å². The quantitative estimate of drug-likeness (QED) is 0.398. The SMILES string of the molecule is [C-]#[N+]c1c(-c2ccc(-c3ccccc3SC)cc2)c(C(=O)O)n(C)c1C(F)(F)F. The first-order valence-electron chi connectivity index (χ1n) is 8.35.